The molecule has 1 heterocycles. The van der Waals surface area contributed by atoms with Crippen LogP contribution in [-0.2, 0) is 21.1 Å². The lowest BCUT2D eigenvalue weighted by molar-refractivity contribution is -0.116. The minimum absolute atomic E-state index is 0.0251. The van der Waals surface area contributed by atoms with Crippen LogP contribution in [0.2, 0.25) is 10.0 Å². The number of benzene rings is 4. The number of primary amides is 1. The second-order valence-corrected chi connectivity index (χ2v) is 14.7. The Kier molecular flexibility index (Phi) is 9.49. The lowest BCUT2D eigenvalue weighted by Gasteiger charge is -2.21. The molecule has 6 rings (SSSR count). The average Bonchev–Trinajstić information content (AvgIpc) is 3.48. The highest BCUT2D eigenvalue weighted by atomic mass is 35.5. The molecular weight excluding hydrogens is 639 g/mol. The van der Waals surface area contributed by atoms with Crippen molar-refractivity contribution in [2.75, 3.05) is 11.9 Å². The minimum atomic E-state index is -3.31. The van der Waals surface area contributed by atoms with Crippen molar-refractivity contribution in [2.24, 2.45) is 5.73 Å². The molecule has 0 aliphatic heterocycles. The van der Waals surface area contributed by atoms with Crippen molar-refractivity contribution in [3.63, 3.8) is 0 Å². The predicted octanol–water partition coefficient (Wildman–Crippen LogP) is 8.11. The van der Waals surface area contributed by atoms with Gasteiger partial charge in [-0.1, -0.05) is 84.9 Å². The van der Waals surface area contributed by atoms with Gasteiger partial charge in [0.05, 0.1) is 27.4 Å². The first kappa shape index (κ1) is 31.9. The van der Waals surface area contributed by atoms with Crippen LogP contribution >= 0.6 is 23.2 Å². The molecule has 1 aromatic heterocycles. The van der Waals surface area contributed by atoms with Crippen molar-refractivity contribution < 1.29 is 13.2 Å². The van der Waals surface area contributed by atoms with Gasteiger partial charge in [-0.05, 0) is 78.1 Å². The summed E-state index contributed by atoms with van der Waals surface area (Å²) in [4.78, 5) is 16.7. The van der Waals surface area contributed by atoms with Gasteiger partial charge in [-0.3, -0.25) is 4.79 Å². The van der Waals surface area contributed by atoms with E-state index in [0.29, 0.717) is 27.1 Å². The van der Waals surface area contributed by atoms with Crippen LogP contribution in [0.3, 0.4) is 0 Å². The number of nitrogens with zero attached hydrogens (tertiary/aromatic N) is 2. The summed E-state index contributed by atoms with van der Waals surface area (Å²) in [5.74, 6) is 0.343. The van der Waals surface area contributed by atoms with Crippen LogP contribution in [0, 0.1) is 0 Å². The van der Waals surface area contributed by atoms with Crippen molar-refractivity contribution >= 4 is 44.6 Å². The third-order valence-electron chi connectivity index (χ3n) is 8.40. The summed E-state index contributed by atoms with van der Waals surface area (Å²) in [7, 11) is -3.31. The number of nitrogens with one attached hydrogen (secondary N) is 1. The van der Waals surface area contributed by atoms with Crippen molar-refractivity contribution in [3.05, 3.63) is 119 Å². The van der Waals surface area contributed by atoms with Gasteiger partial charge in [0.1, 0.15) is 5.82 Å². The Morgan fingerprint density at radius 1 is 0.891 bits per heavy atom. The molecule has 0 unspecified atom stereocenters. The first-order chi connectivity index (χ1) is 22.2. The largest absolute Gasteiger partial charge is 0.376 e. The number of rotatable bonds is 10. The lowest BCUT2D eigenvalue weighted by atomic mass is 10.0. The van der Waals surface area contributed by atoms with Gasteiger partial charge in [0.15, 0.2) is 9.84 Å². The topological polar surface area (TPSA) is 107 Å². The van der Waals surface area contributed by atoms with Gasteiger partial charge in [-0.2, -0.15) is 0 Å². The summed E-state index contributed by atoms with van der Waals surface area (Å²) in [5.41, 5.74) is 11.4. The number of carbonyl (C=O) groups excluding carboxylic acids is 1. The number of imidazole rings is 1. The molecule has 1 amide bonds. The summed E-state index contributed by atoms with van der Waals surface area (Å²) in [6.45, 7) is 0.0251. The molecule has 1 saturated carbocycles. The Hall–Kier alpha value is -4.11. The summed E-state index contributed by atoms with van der Waals surface area (Å²) in [6.07, 6.45) is 7.03. The molecular formula is C36H34Cl2N4O3S. The Bertz CT molecular complexity index is 1970. The molecule has 1 fully saturated rings. The number of hydrogen-bond acceptors (Lipinski definition) is 5. The number of hydrogen-bond donors (Lipinski definition) is 2. The third-order valence-corrected chi connectivity index (χ3v) is 11.2. The average molecular weight is 674 g/mol. The summed E-state index contributed by atoms with van der Waals surface area (Å²) < 4.78 is 28.3. The van der Waals surface area contributed by atoms with Gasteiger partial charge in [0.25, 0.3) is 0 Å². The SMILES string of the molecule is NC(=O)CNc1cccc(-n2cc(-c3ccc(Cl)cc3Cl)nc2Cc2ccc(-c3ccc(S(=O)(=O)C4CCCCC4)cc3)cc2)c1. The summed E-state index contributed by atoms with van der Waals surface area (Å²) in [6, 6.07) is 28.4. The molecule has 1 aliphatic rings. The first-order valence-electron chi connectivity index (χ1n) is 15.3. The van der Waals surface area contributed by atoms with E-state index in [1.807, 2.05) is 65.4 Å². The maximum atomic E-state index is 13.1. The van der Waals surface area contributed by atoms with E-state index in [1.165, 1.54) is 0 Å². The van der Waals surface area contributed by atoms with Gasteiger partial charge in [-0.25, -0.2) is 13.4 Å². The number of nitrogens with two attached hydrogens (primary N) is 1. The third kappa shape index (κ3) is 7.15. The number of carbonyl (C=O) groups is 1. The minimum Gasteiger partial charge on any atom is -0.376 e. The van der Waals surface area contributed by atoms with Crippen LogP contribution in [0.25, 0.3) is 28.1 Å². The second-order valence-electron chi connectivity index (χ2n) is 11.6. The smallest absolute Gasteiger partial charge is 0.236 e. The van der Waals surface area contributed by atoms with Gasteiger partial charge in [0, 0.05) is 34.6 Å². The van der Waals surface area contributed by atoms with Gasteiger partial charge in [-0.15, -0.1) is 0 Å². The zero-order valence-electron chi connectivity index (χ0n) is 25.1. The molecule has 3 N–H and O–H groups in total. The Balaban J connectivity index is 1.27. The Morgan fingerprint density at radius 3 is 2.26 bits per heavy atom. The van der Waals surface area contributed by atoms with Crippen LogP contribution < -0.4 is 11.1 Å². The molecule has 0 atom stereocenters. The van der Waals surface area contributed by atoms with E-state index in [9.17, 15) is 13.2 Å². The monoisotopic (exact) mass is 672 g/mol. The van der Waals surface area contributed by atoms with E-state index in [4.69, 9.17) is 33.9 Å². The van der Waals surface area contributed by atoms with Crippen molar-refractivity contribution in [3.8, 4) is 28.1 Å². The Labute approximate surface area is 279 Å². The second kappa shape index (κ2) is 13.7. The molecule has 0 spiro atoms. The number of aromatic nitrogens is 2. The fourth-order valence-electron chi connectivity index (χ4n) is 5.95. The highest BCUT2D eigenvalue weighted by Gasteiger charge is 2.28. The number of sulfone groups is 1. The molecule has 7 nitrogen and oxygen atoms in total. The van der Waals surface area contributed by atoms with E-state index >= 15 is 0 Å². The highest BCUT2D eigenvalue weighted by Crippen LogP contribution is 2.33. The molecule has 0 saturated heterocycles. The van der Waals surface area contributed by atoms with Crippen LogP contribution in [0.1, 0.15) is 43.5 Å². The van der Waals surface area contributed by atoms with E-state index in [1.54, 1.807) is 24.3 Å². The quantitative estimate of drug-likeness (QED) is 0.156. The van der Waals surface area contributed by atoms with E-state index in [-0.39, 0.29) is 11.8 Å². The number of halogens is 2. The van der Waals surface area contributed by atoms with E-state index in [0.717, 1.165) is 71.6 Å². The molecule has 0 radical (unpaired) electrons. The van der Waals surface area contributed by atoms with Crippen molar-refractivity contribution in [1.29, 1.82) is 0 Å². The highest BCUT2D eigenvalue weighted by molar-refractivity contribution is 7.92. The molecule has 1 aliphatic carbocycles. The normalized spacial score (nSPS) is 13.9. The zero-order chi connectivity index (χ0) is 32.3. The van der Waals surface area contributed by atoms with Gasteiger partial charge in [0.2, 0.25) is 5.91 Å². The van der Waals surface area contributed by atoms with Crippen LogP contribution in [-0.4, -0.2) is 35.7 Å². The molecule has 0 bridgehead atoms. The predicted molar refractivity (Wildman–Crippen MR) is 185 cm³/mol. The van der Waals surface area contributed by atoms with Gasteiger partial charge >= 0.3 is 0 Å². The van der Waals surface area contributed by atoms with Crippen molar-refractivity contribution in [1.82, 2.24) is 9.55 Å². The van der Waals surface area contributed by atoms with Crippen molar-refractivity contribution in [2.45, 2.75) is 48.7 Å². The summed E-state index contributed by atoms with van der Waals surface area (Å²) >= 11 is 12.7. The lowest BCUT2D eigenvalue weighted by Crippen LogP contribution is -2.24. The summed E-state index contributed by atoms with van der Waals surface area (Å²) in [5, 5.41) is 3.82. The Morgan fingerprint density at radius 2 is 1.59 bits per heavy atom. The number of amides is 1. The van der Waals surface area contributed by atoms with E-state index in [2.05, 4.69) is 17.4 Å². The van der Waals surface area contributed by atoms with Crippen LogP contribution in [0.4, 0.5) is 5.69 Å². The number of anilines is 1. The molecule has 5 aromatic rings. The molecule has 10 heteroatoms. The van der Waals surface area contributed by atoms with Gasteiger partial charge < -0.3 is 15.6 Å². The molecule has 46 heavy (non-hydrogen) atoms. The molecule has 236 valence electrons. The van der Waals surface area contributed by atoms with Crippen LogP contribution in [0.15, 0.2) is 102 Å². The standard InChI is InChI=1S/C36H34Cl2N4O3S/c37-27-15-18-32(33(38)20-27)34-23-42(29-6-4-5-28(21-29)40-22-35(39)43)36(41-34)19-24-9-11-25(12-10-24)26-13-16-31(17-14-26)46(44,45)30-7-2-1-3-8-30/h4-6,9-18,20-21,23,30,40H,1-3,7-8,19,22H2,(H2,39,43). The maximum Gasteiger partial charge on any atom is 0.236 e. The molecule has 4 aromatic carbocycles. The van der Waals surface area contributed by atoms with Crippen LogP contribution in [0.5, 0.6) is 0 Å². The zero-order valence-corrected chi connectivity index (χ0v) is 27.5. The fourth-order valence-corrected chi connectivity index (χ4v) is 8.31. The first-order valence-corrected chi connectivity index (χ1v) is 17.6. The fraction of sp³-hybridized carbons (Fsp3) is 0.222. The maximum absolute atomic E-state index is 13.1. The van der Waals surface area contributed by atoms with E-state index < -0.39 is 15.7 Å².